The molecule has 0 bridgehead atoms. The third-order valence-corrected chi connectivity index (χ3v) is 6.79. The molecule has 34 heavy (non-hydrogen) atoms. The number of imidazole rings is 1. The first-order valence-corrected chi connectivity index (χ1v) is 11.5. The molecule has 9 heteroatoms. The quantitative estimate of drug-likeness (QED) is 0.626. The third kappa shape index (κ3) is 4.07. The Bertz CT molecular complexity index is 1170. The van der Waals surface area contributed by atoms with Crippen LogP contribution in [0, 0.1) is 0 Å². The fraction of sp³-hybridized carbons (Fsp3) is 0.400. The summed E-state index contributed by atoms with van der Waals surface area (Å²) in [6, 6.07) is 11.3. The van der Waals surface area contributed by atoms with Crippen molar-refractivity contribution in [2.75, 3.05) is 20.2 Å². The van der Waals surface area contributed by atoms with Gasteiger partial charge in [-0.1, -0.05) is 12.1 Å². The maximum absolute atomic E-state index is 13.1. The van der Waals surface area contributed by atoms with Gasteiger partial charge in [-0.3, -0.25) is 9.59 Å². The molecule has 1 saturated heterocycles. The van der Waals surface area contributed by atoms with Crippen molar-refractivity contribution in [2.45, 2.75) is 37.6 Å². The molecule has 0 aliphatic carbocycles. The number of rotatable bonds is 5. The first-order valence-electron chi connectivity index (χ1n) is 11.5. The first-order chi connectivity index (χ1) is 16.5. The van der Waals surface area contributed by atoms with Gasteiger partial charge in [0, 0.05) is 58.1 Å². The number of hydrogen-bond acceptors (Lipinski definition) is 5. The molecule has 1 aromatic carbocycles. The van der Waals surface area contributed by atoms with Gasteiger partial charge in [0.1, 0.15) is 22.9 Å². The molecule has 2 aliphatic rings. The second kappa shape index (κ2) is 8.98. The van der Waals surface area contributed by atoms with E-state index in [2.05, 4.69) is 10.3 Å². The number of aromatic nitrogens is 3. The maximum atomic E-state index is 13.1. The van der Waals surface area contributed by atoms with Crippen molar-refractivity contribution >= 4 is 11.8 Å². The minimum absolute atomic E-state index is 0.00952. The van der Waals surface area contributed by atoms with Crippen LogP contribution in [0.1, 0.15) is 34.7 Å². The van der Waals surface area contributed by atoms with Crippen LogP contribution in [0.4, 0.5) is 0 Å². The molecule has 4 heterocycles. The summed E-state index contributed by atoms with van der Waals surface area (Å²) in [4.78, 5) is 32.4. The number of nitrogens with one attached hydrogen (secondary N) is 1. The molecule has 2 aromatic heterocycles. The molecule has 0 unspecified atom stereocenters. The van der Waals surface area contributed by atoms with Crippen LogP contribution in [0.15, 0.2) is 55.0 Å². The van der Waals surface area contributed by atoms with E-state index in [1.54, 1.807) is 13.3 Å². The third-order valence-electron chi connectivity index (χ3n) is 6.79. The van der Waals surface area contributed by atoms with E-state index in [4.69, 9.17) is 9.47 Å². The van der Waals surface area contributed by atoms with Gasteiger partial charge in [-0.15, -0.1) is 0 Å². The fourth-order valence-corrected chi connectivity index (χ4v) is 4.84. The van der Waals surface area contributed by atoms with E-state index >= 15 is 0 Å². The largest absolute Gasteiger partial charge is 0.497 e. The smallest absolute Gasteiger partial charge is 0.270 e. The molecule has 3 aromatic rings. The van der Waals surface area contributed by atoms with Gasteiger partial charge in [-0.05, 0) is 29.8 Å². The van der Waals surface area contributed by atoms with Crippen LogP contribution in [0.3, 0.4) is 0 Å². The highest BCUT2D eigenvalue weighted by molar-refractivity contribution is 5.92. The Balaban J connectivity index is 1.26. The fourth-order valence-electron chi connectivity index (χ4n) is 4.84. The molecule has 178 valence electrons. The van der Waals surface area contributed by atoms with Crippen LogP contribution >= 0.6 is 0 Å². The number of likely N-dealkylation sites (tertiary alicyclic amines) is 1. The Morgan fingerprint density at radius 1 is 1.18 bits per heavy atom. The van der Waals surface area contributed by atoms with Crippen LogP contribution in [-0.4, -0.2) is 57.1 Å². The number of amides is 2. The van der Waals surface area contributed by atoms with Crippen molar-refractivity contribution in [2.24, 2.45) is 7.05 Å². The minimum atomic E-state index is -0.686. The second-order valence-corrected chi connectivity index (χ2v) is 8.87. The van der Waals surface area contributed by atoms with Gasteiger partial charge < -0.3 is 28.8 Å². The normalized spacial score (nSPS) is 19.0. The standard InChI is InChI=1S/C25H29N5O4/c1-28-12-3-4-20(28)23(32)29-13-9-25(10-14-29)24-26-11-15-30(24)17-21(34-25)22(31)27-16-18-5-7-19(33-2)8-6-18/h3-8,11-12,15,21H,9-10,13-14,16-17H2,1-2H3,(H,27,31)/t21-/m0/s1. The van der Waals surface area contributed by atoms with Crippen molar-refractivity contribution in [1.82, 2.24) is 24.3 Å². The minimum Gasteiger partial charge on any atom is -0.497 e. The van der Waals surface area contributed by atoms with E-state index in [9.17, 15) is 9.59 Å². The van der Waals surface area contributed by atoms with E-state index in [0.717, 1.165) is 17.1 Å². The van der Waals surface area contributed by atoms with Crippen molar-refractivity contribution in [3.05, 3.63) is 72.1 Å². The summed E-state index contributed by atoms with van der Waals surface area (Å²) < 4.78 is 15.5. The molecule has 9 nitrogen and oxygen atoms in total. The predicted molar refractivity (Wildman–Crippen MR) is 124 cm³/mol. The maximum Gasteiger partial charge on any atom is 0.270 e. The van der Waals surface area contributed by atoms with Crippen LogP contribution < -0.4 is 10.1 Å². The van der Waals surface area contributed by atoms with E-state index in [0.29, 0.717) is 44.7 Å². The Kier molecular flexibility index (Phi) is 5.87. The number of nitrogens with zero attached hydrogens (tertiary/aromatic N) is 4. The van der Waals surface area contributed by atoms with Gasteiger partial charge in [0.15, 0.2) is 6.10 Å². The number of carbonyl (C=O) groups is 2. The van der Waals surface area contributed by atoms with E-state index in [1.165, 1.54) is 0 Å². The average Bonchev–Trinajstić information content (AvgIpc) is 3.52. The van der Waals surface area contributed by atoms with Gasteiger partial charge in [-0.25, -0.2) is 4.98 Å². The van der Waals surface area contributed by atoms with Gasteiger partial charge in [0.2, 0.25) is 0 Å². The molecular weight excluding hydrogens is 434 g/mol. The van der Waals surface area contributed by atoms with E-state index in [-0.39, 0.29) is 11.8 Å². The highest BCUT2D eigenvalue weighted by Gasteiger charge is 2.47. The number of aryl methyl sites for hydroxylation is 1. The van der Waals surface area contributed by atoms with Crippen molar-refractivity contribution in [3.8, 4) is 5.75 Å². The highest BCUT2D eigenvalue weighted by atomic mass is 16.5. The lowest BCUT2D eigenvalue weighted by Gasteiger charge is -2.45. The summed E-state index contributed by atoms with van der Waals surface area (Å²) in [5, 5.41) is 3.00. The average molecular weight is 464 g/mol. The van der Waals surface area contributed by atoms with E-state index < -0.39 is 11.7 Å². The SMILES string of the molecule is COc1ccc(CNC(=O)[C@@H]2Cn3ccnc3C3(CCN(C(=O)c4cccn4C)CC3)O2)cc1. The Morgan fingerprint density at radius 3 is 2.62 bits per heavy atom. The number of carbonyl (C=O) groups excluding carboxylic acids is 2. The molecule has 0 radical (unpaired) electrons. The van der Waals surface area contributed by atoms with E-state index in [1.807, 2.05) is 69.9 Å². The molecule has 1 atom stereocenters. The topological polar surface area (TPSA) is 90.6 Å². The number of methoxy groups -OCH3 is 1. The number of hydrogen-bond donors (Lipinski definition) is 1. The summed E-state index contributed by atoms with van der Waals surface area (Å²) in [6.07, 6.45) is 6.06. The lowest BCUT2D eigenvalue weighted by atomic mass is 9.88. The summed E-state index contributed by atoms with van der Waals surface area (Å²) in [5.74, 6) is 1.46. The first kappa shape index (κ1) is 22.2. The van der Waals surface area contributed by atoms with Gasteiger partial charge in [0.05, 0.1) is 13.7 Å². The molecule has 2 aliphatic heterocycles. The summed E-state index contributed by atoms with van der Waals surface area (Å²) in [6.45, 7) is 1.90. The lowest BCUT2D eigenvalue weighted by Crippen LogP contribution is -2.54. The zero-order valence-electron chi connectivity index (χ0n) is 19.4. The van der Waals surface area contributed by atoms with Crippen molar-refractivity contribution < 1.29 is 19.1 Å². The number of benzene rings is 1. The lowest BCUT2D eigenvalue weighted by molar-refractivity contribution is -0.172. The summed E-state index contributed by atoms with van der Waals surface area (Å²) in [7, 11) is 3.49. The number of piperidine rings is 1. The molecular formula is C25H29N5O4. The zero-order valence-corrected chi connectivity index (χ0v) is 19.4. The molecule has 1 fully saturated rings. The summed E-state index contributed by atoms with van der Waals surface area (Å²) >= 11 is 0. The monoisotopic (exact) mass is 463 g/mol. The molecule has 1 N–H and O–H groups in total. The van der Waals surface area contributed by atoms with Crippen molar-refractivity contribution in [3.63, 3.8) is 0 Å². The van der Waals surface area contributed by atoms with Crippen LogP contribution in [-0.2, 0) is 35.3 Å². The van der Waals surface area contributed by atoms with Crippen LogP contribution in [0.5, 0.6) is 5.75 Å². The Hall–Kier alpha value is -3.59. The van der Waals surface area contributed by atoms with Gasteiger partial charge >= 0.3 is 0 Å². The van der Waals surface area contributed by atoms with Gasteiger partial charge in [0.25, 0.3) is 11.8 Å². The Morgan fingerprint density at radius 2 is 1.94 bits per heavy atom. The van der Waals surface area contributed by atoms with Crippen LogP contribution in [0.2, 0.25) is 0 Å². The number of fused-ring (bicyclic) bond motifs is 2. The molecule has 2 amide bonds. The molecule has 0 saturated carbocycles. The molecule has 5 rings (SSSR count). The zero-order chi connectivity index (χ0) is 23.7. The van der Waals surface area contributed by atoms with Gasteiger partial charge in [-0.2, -0.15) is 0 Å². The summed E-state index contributed by atoms with van der Waals surface area (Å²) in [5.41, 5.74) is 0.961. The Labute approximate surface area is 198 Å². The predicted octanol–water partition coefficient (Wildman–Crippen LogP) is 2.08. The highest BCUT2D eigenvalue weighted by Crippen LogP contribution is 2.40. The van der Waals surface area contributed by atoms with Crippen LogP contribution in [0.25, 0.3) is 0 Å². The molecule has 1 spiro atoms. The second-order valence-electron chi connectivity index (χ2n) is 8.87. The number of ether oxygens (including phenoxy) is 2. The van der Waals surface area contributed by atoms with Crippen molar-refractivity contribution in [1.29, 1.82) is 0 Å².